The van der Waals surface area contributed by atoms with E-state index >= 15 is 0 Å². The minimum atomic E-state index is 0.276. The lowest BCUT2D eigenvalue weighted by Crippen LogP contribution is -2.16. The normalized spacial score (nSPS) is 26.1. The zero-order valence-corrected chi connectivity index (χ0v) is 11.0. The van der Waals surface area contributed by atoms with Gasteiger partial charge < -0.3 is 10.1 Å². The van der Waals surface area contributed by atoms with Crippen LogP contribution in [0.3, 0.4) is 0 Å². The molecule has 96 valence electrons. The van der Waals surface area contributed by atoms with E-state index in [0.717, 1.165) is 12.2 Å². The summed E-state index contributed by atoms with van der Waals surface area (Å²) >= 11 is 0. The maximum absolute atomic E-state index is 6.04. The summed E-state index contributed by atoms with van der Waals surface area (Å²) in [5, 5.41) is 3.37. The Balaban J connectivity index is 1.75. The van der Waals surface area contributed by atoms with E-state index in [4.69, 9.17) is 4.74 Å². The van der Waals surface area contributed by atoms with Crippen molar-refractivity contribution < 1.29 is 4.74 Å². The van der Waals surface area contributed by atoms with Gasteiger partial charge in [-0.3, -0.25) is 0 Å². The number of fused-ring (bicyclic) bond motifs is 1. The fourth-order valence-electron chi connectivity index (χ4n) is 3.02. The maximum Gasteiger partial charge on any atom is 0.120 e. The highest BCUT2D eigenvalue weighted by molar-refractivity contribution is 5.40. The summed E-state index contributed by atoms with van der Waals surface area (Å²) < 4.78 is 6.04. The van der Waals surface area contributed by atoms with Crippen LogP contribution in [0.1, 0.15) is 42.9 Å². The van der Waals surface area contributed by atoms with Gasteiger partial charge in [-0.15, -0.1) is 0 Å². The summed E-state index contributed by atoms with van der Waals surface area (Å²) in [7, 11) is 2.04. The van der Waals surface area contributed by atoms with Crippen molar-refractivity contribution in [3.63, 3.8) is 0 Å². The van der Waals surface area contributed by atoms with E-state index in [1.165, 1.54) is 36.8 Å². The third-order valence-electron chi connectivity index (χ3n) is 4.04. The monoisotopic (exact) mass is 243 g/mol. The Morgan fingerprint density at radius 2 is 2.22 bits per heavy atom. The second-order valence-corrected chi connectivity index (χ2v) is 5.26. The third-order valence-corrected chi connectivity index (χ3v) is 4.04. The summed E-state index contributed by atoms with van der Waals surface area (Å²) in [5.41, 5.74) is 2.90. The molecule has 3 rings (SSSR count). The predicted molar refractivity (Wildman–Crippen MR) is 74.0 cm³/mol. The van der Waals surface area contributed by atoms with Crippen molar-refractivity contribution in [3.05, 3.63) is 41.5 Å². The van der Waals surface area contributed by atoms with Crippen molar-refractivity contribution in [2.24, 2.45) is 0 Å². The summed E-state index contributed by atoms with van der Waals surface area (Å²) in [6.07, 6.45) is 10.7. The van der Waals surface area contributed by atoms with Crippen LogP contribution in [0.5, 0.6) is 5.75 Å². The van der Waals surface area contributed by atoms with Gasteiger partial charge in [-0.05, 0) is 68.5 Å². The van der Waals surface area contributed by atoms with E-state index in [-0.39, 0.29) is 6.10 Å². The summed E-state index contributed by atoms with van der Waals surface area (Å²) in [5.74, 6) is 1.03. The fourth-order valence-corrected chi connectivity index (χ4v) is 3.02. The van der Waals surface area contributed by atoms with Crippen molar-refractivity contribution in [2.45, 2.75) is 44.2 Å². The molecule has 0 saturated heterocycles. The molecule has 2 unspecified atom stereocenters. The molecule has 0 radical (unpaired) electrons. The summed E-state index contributed by atoms with van der Waals surface area (Å²) in [4.78, 5) is 0. The van der Waals surface area contributed by atoms with Crippen molar-refractivity contribution >= 4 is 0 Å². The van der Waals surface area contributed by atoms with Gasteiger partial charge in [0.25, 0.3) is 0 Å². The predicted octanol–water partition coefficient (Wildman–Crippen LogP) is 3.38. The van der Waals surface area contributed by atoms with Crippen LogP contribution in [0, 0.1) is 0 Å². The van der Waals surface area contributed by atoms with Crippen molar-refractivity contribution in [1.29, 1.82) is 0 Å². The molecule has 0 aliphatic heterocycles. The standard InChI is InChI=1S/C16H21NO/c1-17-16-10-7-12-11-14(8-9-15(12)16)18-13-5-3-2-4-6-13/h3,5,8-9,11,13,16-17H,2,4,6-7,10H2,1H3. The largest absolute Gasteiger partial charge is 0.486 e. The van der Waals surface area contributed by atoms with Crippen LogP contribution in [0.15, 0.2) is 30.4 Å². The molecule has 0 aromatic heterocycles. The Morgan fingerprint density at radius 3 is 3.00 bits per heavy atom. The quantitative estimate of drug-likeness (QED) is 0.822. The van der Waals surface area contributed by atoms with Crippen LogP contribution >= 0.6 is 0 Å². The van der Waals surface area contributed by atoms with Crippen molar-refractivity contribution in [3.8, 4) is 5.75 Å². The number of nitrogens with one attached hydrogen (secondary N) is 1. The molecule has 0 saturated carbocycles. The molecule has 18 heavy (non-hydrogen) atoms. The molecule has 0 heterocycles. The molecule has 2 aliphatic carbocycles. The van der Waals surface area contributed by atoms with E-state index < -0.39 is 0 Å². The first-order valence-electron chi connectivity index (χ1n) is 7.00. The Bertz CT molecular complexity index is 452. The average Bonchev–Trinajstić information content (AvgIpc) is 2.82. The van der Waals surface area contributed by atoms with Crippen LogP contribution in [-0.4, -0.2) is 13.2 Å². The molecule has 2 heteroatoms. The number of rotatable bonds is 3. The van der Waals surface area contributed by atoms with Gasteiger partial charge in [-0.1, -0.05) is 12.1 Å². The van der Waals surface area contributed by atoms with Crippen molar-refractivity contribution in [2.75, 3.05) is 7.05 Å². The number of benzene rings is 1. The molecule has 2 nitrogen and oxygen atoms in total. The summed E-state index contributed by atoms with van der Waals surface area (Å²) in [6, 6.07) is 7.11. The molecule has 1 aromatic rings. The minimum absolute atomic E-state index is 0.276. The molecule has 0 spiro atoms. The summed E-state index contributed by atoms with van der Waals surface area (Å²) in [6.45, 7) is 0. The van der Waals surface area contributed by atoms with Gasteiger partial charge in [0.15, 0.2) is 0 Å². The first-order chi connectivity index (χ1) is 8.86. The van der Waals surface area contributed by atoms with Crippen LogP contribution in [0.4, 0.5) is 0 Å². The second kappa shape index (κ2) is 5.15. The zero-order valence-electron chi connectivity index (χ0n) is 11.0. The number of ether oxygens (including phenoxy) is 1. The smallest absolute Gasteiger partial charge is 0.120 e. The van der Waals surface area contributed by atoms with Gasteiger partial charge in [-0.2, -0.15) is 0 Å². The number of hydrogen-bond donors (Lipinski definition) is 1. The lowest BCUT2D eigenvalue weighted by atomic mass is 10.0. The SMILES string of the molecule is CNC1CCc2cc(OC3C=CCCC3)ccc21. The van der Waals surface area contributed by atoms with Crippen LogP contribution < -0.4 is 10.1 Å². The number of aryl methyl sites for hydroxylation is 1. The van der Waals surface area contributed by atoms with Gasteiger partial charge in [0.1, 0.15) is 11.9 Å². The fraction of sp³-hybridized carbons (Fsp3) is 0.500. The van der Waals surface area contributed by atoms with E-state index in [0.29, 0.717) is 6.04 Å². The molecule has 0 bridgehead atoms. The van der Waals surface area contributed by atoms with Gasteiger partial charge in [0, 0.05) is 6.04 Å². The Morgan fingerprint density at radius 1 is 1.28 bits per heavy atom. The van der Waals surface area contributed by atoms with Crippen LogP contribution in [0.25, 0.3) is 0 Å². The molecule has 0 fully saturated rings. The number of hydrogen-bond acceptors (Lipinski definition) is 2. The van der Waals surface area contributed by atoms with Gasteiger partial charge in [0.05, 0.1) is 0 Å². The average molecular weight is 243 g/mol. The molecule has 0 amide bonds. The Kier molecular flexibility index (Phi) is 3.37. The maximum atomic E-state index is 6.04. The zero-order chi connectivity index (χ0) is 12.4. The van der Waals surface area contributed by atoms with Crippen molar-refractivity contribution in [1.82, 2.24) is 5.32 Å². The Hall–Kier alpha value is -1.28. The molecular weight excluding hydrogens is 222 g/mol. The first kappa shape index (κ1) is 11.8. The van der Waals surface area contributed by atoms with E-state index in [1.54, 1.807) is 0 Å². The van der Waals surface area contributed by atoms with E-state index in [1.807, 2.05) is 7.05 Å². The second-order valence-electron chi connectivity index (χ2n) is 5.26. The first-order valence-corrected chi connectivity index (χ1v) is 7.00. The number of allylic oxidation sites excluding steroid dienone is 1. The van der Waals surface area contributed by atoms with Gasteiger partial charge in [-0.25, -0.2) is 0 Å². The highest BCUT2D eigenvalue weighted by Gasteiger charge is 2.21. The lowest BCUT2D eigenvalue weighted by Gasteiger charge is -2.19. The highest BCUT2D eigenvalue weighted by atomic mass is 16.5. The van der Waals surface area contributed by atoms with Crippen LogP contribution in [0.2, 0.25) is 0 Å². The molecule has 1 aromatic carbocycles. The van der Waals surface area contributed by atoms with Gasteiger partial charge in [0.2, 0.25) is 0 Å². The molecule has 1 N–H and O–H groups in total. The van der Waals surface area contributed by atoms with E-state index in [9.17, 15) is 0 Å². The Labute approximate surface area is 109 Å². The molecule has 2 atom stereocenters. The molecule has 2 aliphatic rings. The topological polar surface area (TPSA) is 21.3 Å². The highest BCUT2D eigenvalue weighted by Crippen LogP contribution is 2.33. The van der Waals surface area contributed by atoms with Crippen LogP contribution in [-0.2, 0) is 6.42 Å². The molecular formula is C16H21NO. The lowest BCUT2D eigenvalue weighted by molar-refractivity contribution is 0.230. The van der Waals surface area contributed by atoms with E-state index in [2.05, 4.69) is 35.7 Å². The van der Waals surface area contributed by atoms with Gasteiger partial charge >= 0.3 is 0 Å². The minimum Gasteiger partial charge on any atom is -0.486 e. The third kappa shape index (κ3) is 2.30.